The third-order valence-corrected chi connectivity index (χ3v) is 5.40. The Morgan fingerprint density at radius 1 is 0.967 bits per heavy atom. The standard InChI is InChI=1S/C22H22FN3O3.ClH/c23-18-6-2-3-7-19(18)26-21(28)16-9-8-15(14-17(16)22(26)29)20(27)24-10-13-25-11-4-1-5-12-25;/h2-3,6-9,14H,1,4-5,10-13H2,(H,24,27);1H. The van der Waals surface area contributed by atoms with Gasteiger partial charge in [0.1, 0.15) is 5.82 Å². The molecule has 1 N–H and O–H groups in total. The van der Waals surface area contributed by atoms with Crippen LogP contribution >= 0.6 is 12.4 Å². The molecule has 0 spiro atoms. The fraction of sp³-hybridized carbons (Fsp3) is 0.318. The number of nitrogens with one attached hydrogen (secondary N) is 1. The number of benzene rings is 2. The molecule has 6 nitrogen and oxygen atoms in total. The van der Waals surface area contributed by atoms with Gasteiger partial charge in [-0.05, 0) is 56.3 Å². The molecule has 2 aromatic carbocycles. The lowest BCUT2D eigenvalue weighted by Crippen LogP contribution is -2.37. The predicted molar refractivity (Wildman–Crippen MR) is 114 cm³/mol. The summed E-state index contributed by atoms with van der Waals surface area (Å²) >= 11 is 0. The van der Waals surface area contributed by atoms with Crippen molar-refractivity contribution in [2.24, 2.45) is 0 Å². The smallest absolute Gasteiger partial charge is 0.266 e. The number of para-hydroxylation sites is 1. The molecule has 0 radical (unpaired) electrons. The molecule has 0 unspecified atom stereocenters. The van der Waals surface area contributed by atoms with Gasteiger partial charge in [0.2, 0.25) is 0 Å². The van der Waals surface area contributed by atoms with Crippen LogP contribution in [0.25, 0.3) is 0 Å². The van der Waals surface area contributed by atoms with E-state index in [-0.39, 0.29) is 35.1 Å². The number of piperidine rings is 1. The molecule has 1 saturated heterocycles. The Balaban J connectivity index is 0.00000256. The minimum Gasteiger partial charge on any atom is -0.351 e. The first kappa shape index (κ1) is 21.9. The van der Waals surface area contributed by atoms with Crippen LogP contribution in [0.2, 0.25) is 0 Å². The number of hydrogen-bond acceptors (Lipinski definition) is 4. The first-order valence-corrected chi connectivity index (χ1v) is 9.84. The second-order valence-corrected chi connectivity index (χ2v) is 7.32. The van der Waals surface area contributed by atoms with Crippen LogP contribution in [-0.4, -0.2) is 48.8 Å². The number of rotatable bonds is 5. The largest absolute Gasteiger partial charge is 0.351 e. The molecule has 0 saturated carbocycles. The van der Waals surface area contributed by atoms with Gasteiger partial charge < -0.3 is 10.2 Å². The Morgan fingerprint density at radius 2 is 1.67 bits per heavy atom. The van der Waals surface area contributed by atoms with Gasteiger partial charge in [0.15, 0.2) is 0 Å². The van der Waals surface area contributed by atoms with Gasteiger partial charge >= 0.3 is 0 Å². The number of fused-ring (bicyclic) bond motifs is 1. The van der Waals surface area contributed by atoms with E-state index in [9.17, 15) is 18.8 Å². The molecule has 158 valence electrons. The van der Waals surface area contributed by atoms with Crippen LogP contribution in [-0.2, 0) is 0 Å². The molecule has 3 amide bonds. The normalized spacial score (nSPS) is 16.2. The Morgan fingerprint density at radius 3 is 2.40 bits per heavy atom. The summed E-state index contributed by atoms with van der Waals surface area (Å²) in [4.78, 5) is 41.0. The number of likely N-dealkylation sites (tertiary alicyclic amines) is 1. The molecular formula is C22H23ClFN3O3. The molecule has 8 heteroatoms. The van der Waals surface area contributed by atoms with Crippen molar-refractivity contribution in [1.82, 2.24) is 10.2 Å². The van der Waals surface area contributed by atoms with Crippen LogP contribution in [0.15, 0.2) is 42.5 Å². The van der Waals surface area contributed by atoms with Crippen LogP contribution < -0.4 is 10.2 Å². The highest BCUT2D eigenvalue weighted by atomic mass is 35.5. The highest BCUT2D eigenvalue weighted by Gasteiger charge is 2.38. The van der Waals surface area contributed by atoms with E-state index in [1.54, 1.807) is 6.07 Å². The topological polar surface area (TPSA) is 69.7 Å². The molecule has 4 rings (SSSR count). The van der Waals surface area contributed by atoms with Crippen molar-refractivity contribution in [3.05, 3.63) is 65.0 Å². The van der Waals surface area contributed by atoms with E-state index in [2.05, 4.69) is 10.2 Å². The van der Waals surface area contributed by atoms with Crippen LogP contribution in [0.4, 0.5) is 10.1 Å². The van der Waals surface area contributed by atoms with Crippen molar-refractivity contribution < 1.29 is 18.8 Å². The van der Waals surface area contributed by atoms with Gasteiger partial charge in [-0.2, -0.15) is 0 Å². The zero-order chi connectivity index (χ0) is 20.4. The monoisotopic (exact) mass is 431 g/mol. The van der Waals surface area contributed by atoms with Crippen LogP contribution in [0.1, 0.15) is 50.3 Å². The molecule has 30 heavy (non-hydrogen) atoms. The Kier molecular flexibility index (Phi) is 6.84. The molecular weight excluding hydrogens is 409 g/mol. The summed E-state index contributed by atoms with van der Waals surface area (Å²) in [6.07, 6.45) is 3.63. The molecule has 0 aromatic heterocycles. The summed E-state index contributed by atoms with van der Waals surface area (Å²) < 4.78 is 14.1. The third kappa shape index (κ3) is 4.22. The quantitative estimate of drug-likeness (QED) is 0.738. The Hall–Kier alpha value is -2.77. The minimum absolute atomic E-state index is 0. The average molecular weight is 432 g/mol. The number of anilines is 1. The first-order chi connectivity index (χ1) is 14.1. The summed E-state index contributed by atoms with van der Waals surface area (Å²) in [6, 6.07) is 10.0. The highest BCUT2D eigenvalue weighted by molar-refractivity contribution is 6.34. The average Bonchev–Trinajstić information content (AvgIpc) is 2.99. The van der Waals surface area contributed by atoms with Gasteiger partial charge in [0.05, 0.1) is 16.8 Å². The van der Waals surface area contributed by atoms with Crippen molar-refractivity contribution in [3.8, 4) is 0 Å². The van der Waals surface area contributed by atoms with Crippen molar-refractivity contribution >= 4 is 35.8 Å². The zero-order valence-electron chi connectivity index (χ0n) is 16.4. The van der Waals surface area contributed by atoms with Crippen molar-refractivity contribution in [3.63, 3.8) is 0 Å². The minimum atomic E-state index is -0.655. The lowest BCUT2D eigenvalue weighted by Gasteiger charge is -2.26. The number of hydrogen-bond donors (Lipinski definition) is 1. The maximum absolute atomic E-state index is 14.1. The molecule has 2 aliphatic rings. The van der Waals surface area contributed by atoms with Gasteiger partial charge in [-0.15, -0.1) is 12.4 Å². The molecule has 0 atom stereocenters. The van der Waals surface area contributed by atoms with Gasteiger partial charge in [-0.3, -0.25) is 14.4 Å². The van der Waals surface area contributed by atoms with Crippen molar-refractivity contribution in [2.75, 3.05) is 31.1 Å². The SMILES string of the molecule is Cl.O=C(NCCN1CCCCC1)c1ccc2c(c1)C(=O)N(c1ccccc1F)C2=O. The van der Waals surface area contributed by atoms with Crippen molar-refractivity contribution in [2.45, 2.75) is 19.3 Å². The summed E-state index contributed by atoms with van der Waals surface area (Å²) in [6.45, 7) is 3.41. The third-order valence-electron chi connectivity index (χ3n) is 5.40. The van der Waals surface area contributed by atoms with E-state index in [0.29, 0.717) is 12.1 Å². The summed E-state index contributed by atoms with van der Waals surface area (Å²) in [5.74, 6) is -2.17. The molecule has 0 bridgehead atoms. The van der Waals surface area contributed by atoms with Gasteiger partial charge in [0, 0.05) is 18.7 Å². The summed E-state index contributed by atoms with van der Waals surface area (Å²) in [5.41, 5.74) is 0.496. The van der Waals surface area contributed by atoms with Crippen molar-refractivity contribution in [1.29, 1.82) is 0 Å². The Labute approximate surface area is 180 Å². The predicted octanol–water partition coefficient (Wildman–Crippen LogP) is 3.26. The molecule has 2 aliphatic heterocycles. The fourth-order valence-electron chi connectivity index (χ4n) is 3.85. The molecule has 2 heterocycles. The zero-order valence-corrected chi connectivity index (χ0v) is 17.2. The summed E-state index contributed by atoms with van der Waals surface area (Å²) in [5, 5.41) is 2.87. The van der Waals surface area contributed by atoms with Crippen LogP contribution in [0, 0.1) is 5.82 Å². The number of carbonyl (C=O) groups excluding carboxylic acids is 3. The van der Waals surface area contributed by atoms with E-state index in [1.165, 1.54) is 55.7 Å². The van der Waals surface area contributed by atoms with E-state index < -0.39 is 17.6 Å². The second kappa shape index (κ2) is 9.36. The number of carbonyl (C=O) groups is 3. The molecule has 1 fully saturated rings. The Bertz CT molecular complexity index is 976. The van der Waals surface area contributed by atoms with E-state index in [4.69, 9.17) is 0 Å². The maximum Gasteiger partial charge on any atom is 0.266 e. The fourth-order valence-corrected chi connectivity index (χ4v) is 3.85. The summed E-state index contributed by atoms with van der Waals surface area (Å²) in [7, 11) is 0. The van der Waals surface area contributed by atoms with Gasteiger partial charge in [-0.25, -0.2) is 9.29 Å². The van der Waals surface area contributed by atoms with Gasteiger partial charge in [-0.1, -0.05) is 18.6 Å². The van der Waals surface area contributed by atoms with Gasteiger partial charge in [0.25, 0.3) is 17.7 Å². The second-order valence-electron chi connectivity index (χ2n) is 7.32. The highest BCUT2D eigenvalue weighted by Crippen LogP contribution is 2.30. The first-order valence-electron chi connectivity index (χ1n) is 9.84. The maximum atomic E-state index is 14.1. The number of halogens is 2. The lowest BCUT2D eigenvalue weighted by atomic mass is 10.1. The molecule has 0 aliphatic carbocycles. The van der Waals surface area contributed by atoms with E-state index in [0.717, 1.165) is 24.5 Å². The van der Waals surface area contributed by atoms with E-state index in [1.807, 2.05) is 0 Å². The van der Waals surface area contributed by atoms with Crippen LogP contribution in [0.3, 0.4) is 0 Å². The number of amides is 3. The number of imide groups is 1. The lowest BCUT2D eigenvalue weighted by molar-refractivity contribution is 0.0922. The van der Waals surface area contributed by atoms with E-state index >= 15 is 0 Å². The molecule has 2 aromatic rings. The number of nitrogens with zero attached hydrogens (tertiary/aromatic N) is 2. The van der Waals surface area contributed by atoms with Crippen LogP contribution in [0.5, 0.6) is 0 Å².